The Hall–Kier alpha value is -2.60. The minimum atomic E-state index is 0.102. The molecule has 0 radical (unpaired) electrons. The van der Waals surface area contributed by atoms with Gasteiger partial charge in [-0.05, 0) is 37.1 Å². The van der Waals surface area contributed by atoms with Crippen LogP contribution in [0, 0.1) is 0 Å². The predicted molar refractivity (Wildman–Crippen MR) is 131 cm³/mol. The molecule has 6 nitrogen and oxygen atoms in total. The van der Waals surface area contributed by atoms with Gasteiger partial charge in [-0.15, -0.1) is 0 Å². The Bertz CT molecular complexity index is 806. The van der Waals surface area contributed by atoms with Crippen molar-refractivity contribution in [2.45, 2.75) is 38.6 Å². The van der Waals surface area contributed by atoms with Gasteiger partial charge in [0.15, 0.2) is 5.96 Å². The molecule has 0 unspecified atom stereocenters. The molecule has 0 saturated carbocycles. The Morgan fingerprint density at radius 2 is 1.71 bits per heavy atom. The molecule has 1 aromatic carbocycles. The van der Waals surface area contributed by atoms with Gasteiger partial charge in [-0.1, -0.05) is 50.2 Å². The van der Waals surface area contributed by atoms with Crippen molar-refractivity contribution >= 4 is 11.8 Å². The maximum Gasteiger partial charge on any atom is 0.191 e. The van der Waals surface area contributed by atoms with E-state index in [0.29, 0.717) is 6.54 Å². The highest BCUT2D eigenvalue weighted by molar-refractivity contribution is 5.79. The monoisotopic (exact) mass is 422 g/mol. The number of hydrogen-bond acceptors (Lipinski definition) is 4. The van der Waals surface area contributed by atoms with Gasteiger partial charge < -0.3 is 20.4 Å². The number of aromatic nitrogens is 1. The summed E-state index contributed by atoms with van der Waals surface area (Å²) < 4.78 is 0. The van der Waals surface area contributed by atoms with Gasteiger partial charge in [-0.3, -0.25) is 4.99 Å². The van der Waals surface area contributed by atoms with E-state index >= 15 is 0 Å². The lowest BCUT2D eigenvalue weighted by atomic mass is 9.76. The molecule has 2 aromatic rings. The van der Waals surface area contributed by atoms with Gasteiger partial charge in [0.1, 0.15) is 5.82 Å². The molecular weight excluding hydrogens is 384 g/mol. The van der Waals surface area contributed by atoms with E-state index in [1.54, 1.807) is 0 Å². The van der Waals surface area contributed by atoms with Crippen LogP contribution in [0.4, 0.5) is 5.82 Å². The highest BCUT2D eigenvalue weighted by Crippen LogP contribution is 2.30. The number of pyridine rings is 1. The van der Waals surface area contributed by atoms with Crippen LogP contribution in [0.5, 0.6) is 0 Å². The zero-order chi connectivity index (χ0) is 22.1. The maximum absolute atomic E-state index is 4.69. The highest BCUT2D eigenvalue weighted by Gasteiger charge is 2.28. The van der Waals surface area contributed by atoms with E-state index in [9.17, 15) is 0 Å². The van der Waals surface area contributed by atoms with Gasteiger partial charge >= 0.3 is 0 Å². The first kappa shape index (κ1) is 23.1. The average molecular weight is 423 g/mol. The van der Waals surface area contributed by atoms with Crippen LogP contribution in [-0.4, -0.2) is 62.7 Å². The molecule has 1 fully saturated rings. The summed E-state index contributed by atoms with van der Waals surface area (Å²) in [6, 6.07) is 15.1. The molecule has 2 N–H and O–H groups in total. The van der Waals surface area contributed by atoms with E-state index in [4.69, 9.17) is 0 Å². The van der Waals surface area contributed by atoms with Crippen LogP contribution in [-0.2, 0) is 12.0 Å². The summed E-state index contributed by atoms with van der Waals surface area (Å²) in [7, 11) is 4.00. The van der Waals surface area contributed by atoms with Crippen molar-refractivity contribution in [2.24, 2.45) is 4.99 Å². The lowest BCUT2D eigenvalue weighted by molar-refractivity contribution is 0.312. The van der Waals surface area contributed by atoms with Crippen LogP contribution in [0.25, 0.3) is 0 Å². The Balaban J connectivity index is 1.54. The van der Waals surface area contributed by atoms with Gasteiger partial charge in [0.05, 0.1) is 0 Å². The molecule has 0 aliphatic carbocycles. The second-order valence-electron chi connectivity index (χ2n) is 8.45. The van der Waals surface area contributed by atoms with Crippen molar-refractivity contribution in [1.82, 2.24) is 20.5 Å². The molecule has 2 heterocycles. The number of hydrogen-bond donors (Lipinski definition) is 2. The van der Waals surface area contributed by atoms with E-state index in [2.05, 4.69) is 93.8 Å². The van der Waals surface area contributed by atoms with Gasteiger partial charge in [-0.2, -0.15) is 0 Å². The summed E-state index contributed by atoms with van der Waals surface area (Å²) in [5, 5.41) is 7.00. The molecule has 168 valence electrons. The third-order valence-corrected chi connectivity index (χ3v) is 6.65. The average Bonchev–Trinajstić information content (AvgIpc) is 2.83. The SMILES string of the molecule is CCC(CC)(CNC(=NC)NCc1ccc(N2CCN(C)CC2)nc1)c1ccccc1. The summed E-state index contributed by atoms with van der Waals surface area (Å²) in [6.45, 7) is 10.3. The lowest BCUT2D eigenvalue weighted by Crippen LogP contribution is -2.45. The van der Waals surface area contributed by atoms with Crippen molar-refractivity contribution in [3.63, 3.8) is 0 Å². The van der Waals surface area contributed by atoms with Crippen LogP contribution < -0.4 is 15.5 Å². The zero-order valence-electron chi connectivity index (χ0n) is 19.6. The van der Waals surface area contributed by atoms with Crippen molar-refractivity contribution in [2.75, 3.05) is 51.7 Å². The fraction of sp³-hybridized carbons (Fsp3) is 0.520. The van der Waals surface area contributed by atoms with Crippen LogP contribution in [0.3, 0.4) is 0 Å². The van der Waals surface area contributed by atoms with Crippen LogP contribution >= 0.6 is 0 Å². The van der Waals surface area contributed by atoms with Crippen molar-refractivity contribution in [1.29, 1.82) is 0 Å². The highest BCUT2D eigenvalue weighted by atomic mass is 15.3. The fourth-order valence-corrected chi connectivity index (χ4v) is 4.21. The summed E-state index contributed by atoms with van der Waals surface area (Å²) in [5.74, 6) is 1.89. The topological polar surface area (TPSA) is 55.8 Å². The van der Waals surface area contributed by atoms with E-state index in [1.807, 2.05) is 13.2 Å². The number of nitrogens with one attached hydrogen (secondary N) is 2. The Labute approximate surface area is 187 Å². The van der Waals surface area contributed by atoms with Crippen molar-refractivity contribution in [3.8, 4) is 0 Å². The second kappa shape index (κ2) is 11.1. The molecule has 31 heavy (non-hydrogen) atoms. The fourth-order valence-electron chi connectivity index (χ4n) is 4.21. The summed E-state index contributed by atoms with van der Waals surface area (Å²) in [6.07, 6.45) is 4.13. The second-order valence-corrected chi connectivity index (χ2v) is 8.45. The number of anilines is 1. The van der Waals surface area contributed by atoms with Crippen molar-refractivity contribution in [3.05, 3.63) is 59.8 Å². The van der Waals surface area contributed by atoms with E-state index in [0.717, 1.165) is 62.9 Å². The van der Waals surface area contributed by atoms with Crippen LogP contribution in [0.1, 0.15) is 37.8 Å². The number of piperazine rings is 1. The molecule has 0 spiro atoms. The van der Waals surface area contributed by atoms with Gasteiger partial charge in [0, 0.05) is 57.9 Å². The smallest absolute Gasteiger partial charge is 0.191 e. The van der Waals surface area contributed by atoms with Crippen LogP contribution in [0.15, 0.2) is 53.7 Å². The molecule has 3 rings (SSSR count). The molecule has 0 amide bonds. The first-order valence-electron chi connectivity index (χ1n) is 11.5. The number of likely N-dealkylation sites (N-methyl/N-ethyl adjacent to an activating group) is 1. The molecular formula is C25H38N6. The predicted octanol–water partition coefficient (Wildman–Crippen LogP) is 3.26. The minimum absolute atomic E-state index is 0.102. The Kier molecular flexibility index (Phi) is 8.29. The molecule has 0 atom stereocenters. The minimum Gasteiger partial charge on any atom is -0.356 e. The summed E-state index contributed by atoms with van der Waals surface area (Å²) in [4.78, 5) is 13.8. The molecule has 6 heteroatoms. The first-order valence-corrected chi connectivity index (χ1v) is 11.5. The lowest BCUT2D eigenvalue weighted by Gasteiger charge is -2.33. The van der Waals surface area contributed by atoms with E-state index in [1.165, 1.54) is 5.56 Å². The third-order valence-electron chi connectivity index (χ3n) is 6.65. The van der Waals surface area contributed by atoms with E-state index in [-0.39, 0.29) is 5.41 Å². The summed E-state index contributed by atoms with van der Waals surface area (Å²) in [5.41, 5.74) is 2.64. The largest absolute Gasteiger partial charge is 0.356 e. The van der Waals surface area contributed by atoms with E-state index < -0.39 is 0 Å². The number of rotatable bonds is 8. The Morgan fingerprint density at radius 1 is 1.00 bits per heavy atom. The van der Waals surface area contributed by atoms with Crippen molar-refractivity contribution < 1.29 is 0 Å². The first-order chi connectivity index (χ1) is 15.1. The number of aliphatic imine (C=N–C) groups is 1. The number of nitrogens with zero attached hydrogens (tertiary/aromatic N) is 4. The van der Waals surface area contributed by atoms with Gasteiger partial charge in [0.25, 0.3) is 0 Å². The quantitative estimate of drug-likeness (QED) is 0.505. The molecule has 0 bridgehead atoms. The van der Waals surface area contributed by atoms with Crippen LogP contribution in [0.2, 0.25) is 0 Å². The third kappa shape index (κ3) is 5.97. The molecule has 1 aliphatic rings. The molecule has 1 aliphatic heterocycles. The maximum atomic E-state index is 4.69. The van der Waals surface area contributed by atoms with Gasteiger partial charge in [-0.25, -0.2) is 4.98 Å². The normalized spacial score (nSPS) is 15.7. The molecule has 1 saturated heterocycles. The Morgan fingerprint density at radius 3 is 2.29 bits per heavy atom. The zero-order valence-corrected chi connectivity index (χ0v) is 19.6. The number of guanidine groups is 1. The summed E-state index contributed by atoms with van der Waals surface area (Å²) >= 11 is 0. The number of benzene rings is 1. The standard InChI is InChI=1S/C25H38N6/c1-5-25(6-2,22-10-8-7-9-11-22)20-29-24(26-3)28-19-21-12-13-23(27-18-21)31-16-14-30(4)15-17-31/h7-13,18H,5-6,14-17,19-20H2,1-4H3,(H2,26,28,29). The van der Waals surface area contributed by atoms with Gasteiger partial charge in [0.2, 0.25) is 0 Å². The molecule has 1 aromatic heterocycles.